The van der Waals surface area contributed by atoms with Crippen LogP contribution >= 0.6 is 11.3 Å². The van der Waals surface area contributed by atoms with E-state index in [0.717, 1.165) is 5.01 Å². The number of hydrogen-bond donors (Lipinski definition) is 2. The molecule has 7 heteroatoms. The molecule has 0 spiro atoms. The van der Waals surface area contributed by atoms with Gasteiger partial charge in [-0.2, -0.15) is 0 Å². The van der Waals surface area contributed by atoms with Crippen LogP contribution in [0.15, 0.2) is 0 Å². The fourth-order valence-electron chi connectivity index (χ4n) is 1.50. The van der Waals surface area contributed by atoms with E-state index in [0.29, 0.717) is 25.1 Å². The normalized spacial score (nSPS) is 11.2. The Labute approximate surface area is 122 Å². The van der Waals surface area contributed by atoms with Gasteiger partial charge in [-0.05, 0) is 34.1 Å². The smallest absolute Gasteiger partial charge is 0.407 e. The Bertz CT molecular complexity index is 491. The van der Waals surface area contributed by atoms with Gasteiger partial charge in [0.05, 0.1) is 10.7 Å². The molecule has 0 aliphatic rings. The molecule has 1 aromatic heterocycles. The molecule has 0 unspecified atom stereocenters. The van der Waals surface area contributed by atoms with Crippen LogP contribution in [0.2, 0.25) is 0 Å². The molecular formula is C13H20N2O4S. The van der Waals surface area contributed by atoms with Crippen LogP contribution in [0.1, 0.15) is 47.6 Å². The maximum Gasteiger partial charge on any atom is 0.407 e. The van der Waals surface area contributed by atoms with Gasteiger partial charge in [-0.3, -0.25) is 0 Å². The molecule has 1 rings (SSSR count). The molecule has 0 radical (unpaired) electrons. The summed E-state index contributed by atoms with van der Waals surface area (Å²) in [5.41, 5.74) is 0.0324. The van der Waals surface area contributed by atoms with Crippen molar-refractivity contribution in [3.63, 3.8) is 0 Å². The van der Waals surface area contributed by atoms with Crippen molar-refractivity contribution in [1.82, 2.24) is 10.3 Å². The van der Waals surface area contributed by atoms with E-state index in [1.54, 1.807) is 27.7 Å². The Hall–Kier alpha value is -1.63. The van der Waals surface area contributed by atoms with Crippen LogP contribution in [0.4, 0.5) is 4.79 Å². The number of nitrogens with one attached hydrogen (secondary N) is 1. The summed E-state index contributed by atoms with van der Waals surface area (Å²) < 4.78 is 5.10. The fraction of sp³-hybridized carbons (Fsp3) is 0.615. The number of aryl methyl sites for hydroxylation is 2. The highest BCUT2D eigenvalue weighted by Gasteiger charge is 2.16. The second-order valence-corrected chi connectivity index (χ2v) is 6.44. The van der Waals surface area contributed by atoms with Gasteiger partial charge in [-0.25, -0.2) is 14.6 Å². The molecule has 0 aliphatic carbocycles. The minimum Gasteiger partial charge on any atom is -0.477 e. The lowest BCUT2D eigenvalue weighted by Crippen LogP contribution is -2.33. The number of ether oxygens (including phenoxy) is 1. The number of carbonyl (C=O) groups is 2. The number of aromatic carboxylic acids is 1. The van der Waals surface area contributed by atoms with Crippen molar-refractivity contribution in [2.75, 3.05) is 6.54 Å². The number of alkyl carbamates (subject to hydrolysis) is 1. The molecule has 6 nitrogen and oxygen atoms in total. The van der Waals surface area contributed by atoms with Gasteiger partial charge in [0.1, 0.15) is 10.5 Å². The molecule has 0 bridgehead atoms. The molecular weight excluding hydrogens is 280 g/mol. The number of aromatic nitrogens is 1. The highest BCUT2D eigenvalue weighted by atomic mass is 32.1. The van der Waals surface area contributed by atoms with Crippen molar-refractivity contribution in [2.24, 2.45) is 0 Å². The predicted molar refractivity (Wildman–Crippen MR) is 76.4 cm³/mol. The Morgan fingerprint density at radius 3 is 2.55 bits per heavy atom. The second kappa shape index (κ2) is 6.69. The maximum absolute atomic E-state index is 11.4. The number of thiazole rings is 1. The highest BCUT2D eigenvalue weighted by Crippen LogP contribution is 2.19. The van der Waals surface area contributed by atoms with Crippen LogP contribution in [0, 0.1) is 6.92 Å². The fourth-order valence-corrected chi connectivity index (χ4v) is 2.45. The van der Waals surface area contributed by atoms with E-state index in [4.69, 9.17) is 9.84 Å². The van der Waals surface area contributed by atoms with E-state index >= 15 is 0 Å². The van der Waals surface area contributed by atoms with E-state index in [-0.39, 0.29) is 4.88 Å². The molecule has 1 amide bonds. The molecule has 20 heavy (non-hydrogen) atoms. The molecule has 0 atom stereocenters. The molecule has 112 valence electrons. The van der Waals surface area contributed by atoms with Crippen molar-refractivity contribution in [3.8, 4) is 0 Å². The summed E-state index contributed by atoms with van der Waals surface area (Å²) in [6.45, 7) is 7.56. The summed E-state index contributed by atoms with van der Waals surface area (Å²) in [5, 5.41) is 12.4. The minimum absolute atomic E-state index is 0.278. The molecule has 0 saturated heterocycles. The lowest BCUT2D eigenvalue weighted by molar-refractivity contribution is 0.0526. The zero-order valence-electron chi connectivity index (χ0n) is 12.1. The number of carboxylic acid groups (broad SMARTS) is 1. The third-order valence-electron chi connectivity index (χ3n) is 2.27. The molecule has 0 saturated carbocycles. The van der Waals surface area contributed by atoms with E-state index in [9.17, 15) is 9.59 Å². The van der Waals surface area contributed by atoms with Crippen LogP contribution in [0.25, 0.3) is 0 Å². The van der Waals surface area contributed by atoms with Crippen LogP contribution in [0.5, 0.6) is 0 Å². The van der Waals surface area contributed by atoms with Crippen molar-refractivity contribution in [3.05, 3.63) is 15.6 Å². The lowest BCUT2D eigenvalue weighted by atomic mass is 10.2. The first-order valence-corrected chi connectivity index (χ1v) is 7.17. The third-order valence-corrected chi connectivity index (χ3v) is 3.48. The van der Waals surface area contributed by atoms with Gasteiger partial charge >= 0.3 is 12.1 Å². The zero-order chi connectivity index (χ0) is 15.3. The number of carboxylic acids is 1. The van der Waals surface area contributed by atoms with Crippen molar-refractivity contribution >= 4 is 23.4 Å². The molecule has 0 aliphatic heterocycles. The van der Waals surface area contributed by atoms with Gasteiger partial charge in [0.15, 0.2) is 0 Å². The third kappa shape index (κ3) is 5.56. The summed E-state index contributed by atoms with van der Waals surface area (Å²) >= 11 is 1.18. The summed E-state index contributed by atoms with van der Waals surface area (Å²) in [7, 11) is 0. The predicted octanol–water partition coefficient (Wildman–Crippen LogP) is 2.61. The number of amides is 1. The summed E-state index contributed by atoms with van der Waals surface area (Å²) in [6, 6.07) is 0. The van der Waals surface area contributed by atoms with Crippen LogP contribution in [-0.2, 0) is 11.2 Å². The van der Waals surface area contributed by atoms with Crippen molar-refractivity contribution < 1.29 is 19.4 Å². The van der Waals surface area contributed by atoms with Crippen LogP contribution in [0.3, 0.4) is 0 Å². The summed E-state index contributed by atoms with van der Waals surface area (Å²) in [6.07, 6.45) is 0.874. The standard InChI is InChI=1S/C13H20N2O4S/c1-8-10(11(16)17)20-9(15-8)6-5-7-14-12(18)19-13(2,3)4/h5-7H2,1-4H3,(H,14,18)(H,16,17). The van der Waals surface area contributed by atoms with Gasteiger partial charge in [-0.1, -0.05) is 0 Å². The molecule has 0 fully saturated rings. The molecule has 1 aromatic rings. The van der Waals surface area contributed by atoms with Crippen molar-refractivity contribution in [1.29, 1.82) is 0 Å². The quantitative estimate of drug-likeness (QED) is 0.816. The summed E-state index contributed by atoms with van der Waals surface area (Å²) in [5.74, 6) is -0.946. The molecule has 2 N–H and O–H groups in total. The largest absolute Gasteiger partial charge is 0.477 e. The Kier molecular flexibility index (Phi) is 5.50. The average molecular weight is 300 g/mol. The van der Waals surface area contributed by atoms with E-state index in [1.807, 2.05) is 0 Å². The van der Waals surface area contributed by atoms with Gasteiger partial charge in [0.2, 0.25) is 0 Å². The van der Waals surface area contributed by atoms with Gasteiger partial charge in [0, 0.05) is 13.0 Å². The topological polar surface area (TPSA) is 88.5 Å². The van der Waals surface area contributed by atoms with E-state index in [1.165, 1.54) is 11.3 Å². The lowest BCUT2D eigenvalue weighted by Gasteiger charge is -2.19. The van der Waals surface area contributed by atoms with Crippen LogP contribution in [-0.4, -0.2) is 34.3 Å². The van der Waals surface area contributed by atoms with Gasteiger partial charge < -0.3 is 15.2 Å². The molecule has 1 heterocycles. The number of nitrogens with zero attached hydrogens (tertiary/aromatic N) is 1. The first-order valence-electron chi connectivity index (χ1n) is 6.35. The second-order valence-electron chi connectivity index (χ2n) is 5.36. The maximum atomic E-state index is 11.4. The highest BCUT2D eigenvalue weighted by molar-refractivity contribution is 7.13. The Morgan fingerprint density at radius 2 is 2.05 bits per heavy atom. The monoisotopic (exact) mass is 300 g/mol. The average Bonchev–Trinajstić information content (AvgIpc) is 2.64. The minimum atomic E-state index is -0.946. The van der Waals surface area contributed by atoms with Gasteiger partial charge in [-0.15, -0.1) is 11.3 Å². The molecule has 0 aromatic carbocycles. The first-order chi connectivity index (χ1) is 9.19. The van der Waals surface area contributed by atoms with E-state index in [2.05, 4.69) is 10.3 Å². The zero-order valence-corrected chi connectivity index (χ0v) is 13.0. The van der Waals surface area contributed by atoms with E-state index < -0.39 is 17.7 Å². The van der Waals surface area contributed by atoms with Crippen LogP contribution < -0.4 is 5.32 Å². The number of rotatable bonds is 5. The Balaban J connectivity index is 2.33. The van der Waals surface area contributed by atoms with Crippen molar-refractivity contribution in [2.45, 2.75) is 46.1 Å². The Morgan fingerprint density at radius 1 is 1.40 bits per heavy atom. The SMILES string of the molecule is Cc1nc(CCCNC(=O)OC(C)(C)C)sc1C(=O)O. The first kappa shape index (κ1) is 16.4. The van der Waals surface area contributed by atoms with Gasteiger partial charge in [0.25, 0.3) is 0 Å². The summed E-state index contributed by atoms with van der Waals surface area (Å²) in [4.78, 5) is 26.8. The number of hydrogen-bond acceptors (Lipinski definition) is 5. The number of carbonyl (C=O) groups excluding carboxylic acids is 1.